The molecule has 164 valence electrons. The van der Waals surface area contributed by atoms with Gasteiger partial charge in [0.15, 0.2) is 4.80 Å². The maximum atomic E-state index is 13.2. The van der Waals surface area contributed by atoms with Gasteiger partial charge in [0.25, 0.3) is 5.91 Å². The molecule has 0 spiro atoms. The molecule has 0 N–H and O–H groups in total. The van der Waals surface area contributed by atoms with E-state index in [-0.39, 0.29) is 11.4 Å². The Morgan fingerprint density at radius 2 is 1.94 bits per heavy atom. The molecule has 0 saturated carbocycles. The molecule has 0 bridgehead atoms. The number of carbonyl (C=O) groups is 1. The maximum absolute atomic E-state index is 13.2. The lowest BCUT2D eigenvalue weighted by molar-refractivity contribution is -0.121. The second-order valence-corrected chi connectivity index (χ2v) is 10.7. The summed E-state index contributed by atoms with van der Waals surface area (Å²) in [7, 11) is -0.475. The van der Waals surface area contributed by atoms with Crippen LogP contribution in [0.1, 0.15) is 18.4 Å². The number of rotatable bonds is 4. The predicted octanol–water partition coefficient (Wildman–Crippen LogP) is 3.49. The minimum Gasteiger partial charge on any atom is -0.497 e. The summed E-state index contributed by atoms with van der Waals surface area (Å²) in [5.74, 6) is 0.108. The van der Waals surface area contributed by atoms with Gasteiger partial charge in [-0.1, -0.05) is 22.9 Å². The minimum absolute atomic E-state index is 0.130. The van der Waals surface area contributed by atoms with E-state index in [1.165, 1.54) is 34.9 Å². The molecule has 0 radical (unpaired) electrons. The third-order valence-corrected chi connectivity index (χ3v) is 8.94. The molecule has 3 aromatic rings. The van der Waals surface area contributed by atoms with Gasteiger partial charge in [-0.25, -0.2) is 8.42 Å². The average molecular weight is 480 g/mol. The zero-order chi connectivity index (χ0) is 22.3. The fraction of sp³-hybridized carbons (Fsp3) is 0.333. The summed E-state index contributed by atoms with van der Waals surface area (Å²) < 4.78 is 35.5. The number of thiazole rings is 1. The van der Waals surface area contributed by atoms with Crippen LogP contribution in [-0.4, -0.2) is 42.9 Å². The van der Waals surface area contributed by atoms with E-state index in [2.05, 4.69) is 4.99 Å². The topological polar surface area (TPSA) is 81.0 Å². The molecule has 31 heavy (non-hydrogen) atoms. The lowest BCUT2D eigenvalue weighted by atomic mass is 10.2. The number of nitrogens with zero attached hydrogens (tertiary/aromatic N) is 3. The van der Waals surface area contributed by atoms with E-state index in [9.17, 15) is 13.2 Å². The summed E-state index contributed by atoms with van der Waals surface area (Å²) in [5, 5.41) is 0.645. The number of hydrogen-bond acceptors (Lipinski definition) is 5. The second kappa shape index (κ2) is 8.38. The molecule has 0 aliphatic carbocycles. The van der Waals surface area contributed by atoms with E-state index in [1.54, 1.807) is 12.1 Å². The largest absolute Gasteiger partial charge is 0.497 e. The van der Waals surface area contributed by atoms with Crippen LogP contribution in [0.25, 0.3) is 10.2 Å². The normalized spacial score (nSPS) is 18.1. The lowest BCUT2D eigenvalue weighted by Crippen LogP contribution is -2.40. The fourth-order valence-electron chi connectivity index (χ4n) is 3.84. The van der Waals surface area contributed by atoms with Crippen molar-refractivity contribution in [2.45, 2.75) is 30.7 Å². The molecule has 2 aromatic carbocycles. The van der Waals surface area contributed by atoms with Crippen LogP contribution >= 0.6 is 22.9 Å². The smallest absolute Gasteiger partial charge is 0.266 e. The van der Waals surface area contributed by atoms with E-state index in [1.807, 2.05) is 30.7 Å². The van der Waals surface area contributed by atoms with Gasteiger partial charge < -0.3 is 9.30 Å². The first-order valence-corrected chi connectivity index (χ1v) is 12.4. The van der Waals surface area contributed by atoms with Gasteiger partial charge in [0.1, 0.15) is 11.8 Å². The van der Waals surface area contributed by atoms with Crippen molar-refractivity contribution < 1.29 is 17.9 Å². The van der Waals surface area contributed by atoms with E-state index >= 15 is 0 Å². The highest BCUT2D eigenvalue weighted by atomic mass is 35.5. The summed E-state index contributed by atoms with van der Waals surface area (Å²) in [4.78, 5) is 18.0. The Kier molecular flexibility index (Phi) is 5.95. The standard InChI is InChI=1S/C21H22ClN3O4S2/c1-13-16(22)10-11-18-19(13)24(2)21(30-18)23-20(26)17-5-4-12-25(17)31(27,28)15-8-6-14(29-3)7-9-15/h6-11,17H,4-5,12H2,1-3H3. The Bertz CT molecular complexity index is 1330. The van der Waals surface area contributed by atoms with Gasteiger partial charge in [0.2, 0.25) is 10.0 Å². The SMILES string of the molecule is COc1ccc(S(=O)(=O)N2CCCC2C(=O)N=c2sc3ccc(Cl)c(C)c3n2C)cc1. The van der Waals surface area contributed by atoms with E-state index in [4.69, 9.17) is 16.3 Å². The molecule has 1 aliphatic rings. The van der Waals surface area contributed by atoms with Crippen molar-refractivity contribution in [2.75, 3.05) is 13.7 Å². The molecule has 2 heterocycles. The molecular formula is C21H22ClN3O4S2. The Morgan fingerprint density at radius 1 is 1.23 bits per heavy atom. The van der Waals surface area contributed by atoms with Crippen molar-refractivity contribution >= 4 is 49.1 Å². The van der Waals surface area contributed by atoms with Crippen molar-refractivity contribution in [3.63, 3.8) is 0 Å². The molecule has 10 heteroatoms. The van der Waals surface area contributed by atoms with Gasteiger partial charge >= 0.3 is 0 Å². The third-order valence-electron chi connectivity index (χ3n) is 5.51. The number of carbonyl (C=O) groups excluding carboxylic acids is 1. The van der Waals surface area contributed by atoms with Gasteiger partial charge in [-0.3, -0.25) is 4.79 Å². The van der Waals surface area contributed by atoms with E-state index in [0.717, 1.165) is 15.8 Å². The van der Waals surface area contributed by atoms with E-state index in [0.29, 0.717) is 28.4 Å². The van der Waals surface area contributed by atoms with Crippen molar-refractivity contribution in [1.82, 2.24) is 8.87 Å². The molecule has 1 aliphatic heterocycles. The van der Waals surface area contributed by atoms with Gasteiger partial charge in [0, 0.05) is 18.6 Å². The molecule has 4 rings (SSSR count). The number of amides is 1. The van der Waals surface area contributed by atoms with Crippen molar-refractivity contribution in [1.29, 1.82) is 0 Å². The lowest BCUT2D eigenvalue weighted by Gasteiger charge is -2.21. The molecule has 1 atom stereocenters. The zero-order valence-electron chi connectivity index (χ0n) is 17.3. The highest BCUT2D eigenvalue weighted by molar-refractivity contribution is 7.89. The van der Waals surface area contributed by atoms with Crippen LogP contribution < -0.4 is 9.54 Å². The van der Waals surface area contributed by atoms with Crippen LogP contribution in [0.3, 0.4) is 0 Å². The zero-order valence-corrected chi connectivity index (χ0v) is 19.7. The number of methoxy groups -OCH3 is 1. The molecular weight excluding hydrogens is 458 g/mol. The number of aryl methyl sites for hydroxylation is 2. The monoisotopic (exact) mass is 479 g/mol. The van der Waals surface area contributed by atoms with Crippen molar-refractivity contribution in [3.05, 3.63) is 51.8 Å². The highest BCUT2D eigenvalue weighted by Crippen LogP contribution is 2.29. The van der Waals surface area contributed by atoms with Crippen LogP contribution in [0.15, 0.2) is 46.3 Å². The molecule has 1 amide bonds. The quantitative estimate of drug-likeness (QED) is 0.573. The minimum atomic E-state index is -3.82. The van der Waals surface area contributed by atoms with Crippen LogP contribution in [0.5, 0.6) is 5.75 Å². The van der Waals surface area contributed by atoms with Crippen LogP contribution in [-0.2, 0) is 21.9 Å². The Morgan fingerprint density at radius 3 is 2.61 bits per heavy atom. The first kappa shape index (κ1) is 22.0. The number of benzene rings is 2. The van der Waals surface area contributed by atoms with Gasteiger partial charge in [0.05, 0.1) is 22.2 Å². The number of sulfonamides is 1. The van der Waals surface area contributed by atoms with Crippen LogP contribution in [0.4, 0.5) is 0 Å². The second-order valence-electron chi connectivity index (χ2n) is 7.36. The first-order valence-electron chi connectivity index (χ1n) is 9.73. The molecule has 1 unspecified atom stereocenters. The van der Waals surface area contributed by atoms with Crippen LogP contribution in [0.2, 0.25) is 5.02 Å². The highest BCUT2D eigenvalue weighted by Gasteiger charge is 2.39. The summed E-state index contributed by atoms with van der Waals surface area (Å²) >= 11 is 7.62. The number of aromatic nitrogens is 1. The van der Waals surface area contributed by atoms with Gasteiger partial charge in [-0.2, -0.15) is 9.30 Å². The summed E-state index contributed by atoms with van der Waals surface area (Å²) in [6, 6.07) is 9.06. The maximum Gasteiger partial charge on any atom is 0.266 e. The molecule has 1 saturated heterocycles. The Hall–Kier alpha value is -2.20. The fourth-order valence-corrected chi connectivity index (χ4v) is 6.72. The van der Waals surface area contributed by atoms with Crippen molar-refractivity contribution in [2.24, 2.45) is 12.0 Å². The average Bonchev–Trinajstić information content (AvgIpc) is 3.37. The van der Waals surface area contributed by atoms with Crippen molar-refractivity contribution in [3.8, 4) is 5.75 Å². The van der Waals surface area contributed by atoms with Gasteiger partial charge in [-0.15, -0.1) is 0 Å². The molecule has 1 aromatic heterocycles. The van der Waals surface area contributed by atoms with E-state index < -0.39 is 22.0 Å². The number of hydrogen-bond donors (Lipinski definition) is 0. The summed E-state index contributed by atoms with van der Waals surface area (Å²) in [5.41, 5.74) is 1.83. The molecule has 1 fully saturated rings. The number of ether oxygens (including phenoxy) is 1. The first-order chi connectivity index (χ1) is 14.7. The van der Waals surface area contributed by atoms with Gasteiger partial charge in [-0.05, 0) is 61.7 Å². The molecule has 7 nitrogen and oxygen atoms in total. The number of halogens is 1. The Balaban J connectivity index is 1.69. The predicted molar refractivity (Wildman–Crippen MR) is 121 cm³/mol. The summed E-state index contributed by atoms with van der Waals surface area (Å²) in [6.07, 6.45) is 1.05. The van der Waals surface area contributed by atoms with Crippen LogP contribution in [0, 0.1) is 6.92 Å². The third kappa shape index (κ3) is 3.91. The summed E-state index contributed by atoms with van der Waals surface area (Å²) in [6.45, 7) is 2.21. The Labute approximate surface area is 189 Å². The number of fused-ring (bicyclic) bond motifs is 1.